The Morgan fingerprint density at radius 1 is 0.735 bits per heavy atom. The predicted octanol–water partition coefficient (Wildman–Crippen LogP) is 3.03. The minimum Gasteiger partial charge on any atom is -0.478 e. The first-order chi connectivity index (χ1) is 16.4. The molecule has 0 heterocycles. The fourth-order valence-corrected chi connectivity index (χ4v) is 2.90. The third-order valence-electron chi connectivity index (χ3n) is 4.57. The number of ether oxygens (including phenoxy) is 2. The maximum Gasteiger partial charge on any atom is 0.349 e. The lowest BCUT2D eigenvalue weighted by Crippen LogP contribution is -2.48. The highest BCUT2D eigenvalue weighted by atomic mass is 16.6. The molecule has 3 aromatic carbocycles. The van der Waals surface area contributed by atoms with Crippen LogP contribution in [0.5, 0.6) is 0 Å². The fraction of sp³-hybridized carbons (Fsp3) is 0.0800. The zero-order valence-corrected chi connectivity index (χ0v) is 17.6. The van der Waals surface area contributed by atoms with E-state index in [2.05, 4.69) is 5.32 Å². The van der Waals surface area contributed by atoms with E-state index in [1.165, 1.54) is 36.4 Å². The second-order valence-corrected chi connectivity index (χ2v) is 6.87. The average Bonchev–Trinajstić information content (AvgIpc) is 2.87. The molecule has 0 aliphatic rings. The van der Waals surface area contributed by atoms with Crippen molar-refractivity contribution in [2.75, 3.05) is 5.32 Å². The van der Waals surface area contributed by atoms with Crippen molar-refractivity contribution in [3.8, 4) is 6.07 Å². The molecular formula is C25H18N2O7. The molecule has 3 aromatic rings. The van der Waals surface area contributed by atoms with Gasteiger partial charge in [-0.1, -0.05) is 48.5 Å². The van der Waals surface area contributed by atoms with Gasteiger partial charge in [0.2, 0.25) is 12.2 Å². The van der Waals surface area contributed by atoms with Crippen molar-refractivity contribution in [2.45, 2.75) is 12.2 Å². The first-order valence-corrected chi connectivity index (χ1v) is 9.95. The van der Waals surface area contributed by atoms with E-state index < -0.39 is 36.0 Å². The lowest BCUT2D eigenvalue weighted by atomic mass is 10.1. The molecule has 0 unspecified atom stereocenters. The van der Waals surface area contributed by atoms with Crippen LogP contribution in [0.4, 0.5) is 5.69 Å². The number of hydrogen-bond donors (Lipinski definition) is 2. The van der Waals surface area contributed by atoms with Gasteiger partial charge in [-0.05, 0) is 36.4 Å². The van der Waals surface area contributed by atoms with Gasteiger partial charge in [-0.2, -0.15) is 5.26 Å². The Morgan fingerprint density at radius 2 is 1.21 bits per heavy atom. The number of para-hydroxylation sites is 1. The highest BCUT2D eigenvalue weighted by Gasteiger charge is 2.41. The molecule has 0 bridgehead atoms. The third kappa shape index (κ3) is 5.83. The molecule has 0 saturated heterocycles. The molecule has 0 saturated carbocycles. The number of esters is 2. The second-order valence-electron chi connectivity index (χ2n) is 6.87. The van der Waals surface area contributed by atoms with Gasteiger partial charge in [0.05, 0.1) is 22.4 Å². The number of nitriles is 1. The molecule has 2 atom stereocenters. The molecule has 0 aliphatic carbocycles. The average molecular weight is 458 g/mol. The quantitative estimate of drug-likeness (QED) is 0.491. The molecule has 0 aliphatic heterocycles. The molecule has 9 heteroatoms. The number of nitrogens with zero attached hydrogens (tertiary/aromatic N) is 1. The molecule has 1 amide bonds. The minimum atomic E-state index is -2.17. The predicted molar refractivity (Wildman–Crippen MR) is 119 cm³/mol. The Balaban J connectivity index is 1.93. The SMILES string of the molecule is N#Cc1ccccc1NC(=O)[C@@H](OC(=O)c1ccccc1)[C@@H](OC(=O)c1ccccc1)C(=O)O. The smallest absolute Gasteiger partial charge is 0.349 e. The Morgan fingerprint density at radius 3 is 1.71 bits per heavy atom. The van der Waals surface area contributed by atoms with E-state index >= 15 is 0 Å². The largest absolute Gasteiger partial charge is 0.478 e. The molecule has 0 radical (unpaired) electrons. The van der Waals surface area contributed by atoms with Crippen LogP contribution in [0.15, 0.2) is 84.9 Å². The van der Waals surface area contributed by atoms with Gasteiger partial charge in [-0.25, -0.2) is 14.4 Å². The van der Waals surface area contributed by atoms with Crippen molar-refractivity contribution in [1.82, 2.24) is 0 Å². The van der Waals surface area contributed by atoms with Crippen molar-refractivity contribution < 1.29 is 33.8 Å². The molecular weight excluding hydrogens is 440 g/mol. The van der Waals surface area contributed by atoms with Crippen molar-refractivity contribution >= 4 is 29.5 Å². The summed E-state index contributed by atoms with van der Waals surface area (Å²) < 4.78 is 10.3. The van der Waals surface area contributed by atoms with Gasteiger partial charge in [-0.15, -0.1) is 0 Å². The summed E-state index contributed by atoms with van der Waals surface area (Å²) in [5.41, 5.74) is 0.250. The number of aliphatic carboxylic acids is 1. The summed E-state index contributed by atoms with van der Waals surface area (Å²) in [6, 6.07) is 23.0. The third-order valence-corrected chi connectivity index (χ3v) is 4.57. The summed E-state index contributed by atoms with van der Waals surface area (Å²) in [4.78, 5) is 50.2. The topological polar surface area (TPSA) is 143 Å². The highest BCUT2D eigenvalue weighted by Crippen LogP contribution is 2.18. The Bertz CT molecular complexity index is 1240. The van der Waals surface area contributed by atoms with Crippen molar-refractivity contribution in [1.29, 1.82) is 5.26 Å². The van der Waals surface area contributed by atoms with Gasteiger partial charge >= 0.3 is 17.9 Å². The maximum absolute atomic E-state index is 13.1. The molecule has 2 N–H and O–H groups in total. The molecule has 3 rings (SSSR count). The maximum atomic E-state index is 13.1. The van der Waals surface area contributed by atoms with Gasteiger partial charge in [0.1, 0.15) is 6.07 Å². The van der Waals surface area contributed by atoms with E-state index in [0.29, 0.717) is 0 Å². The monoisotopic (exact) mass is 458 g/mol. The van der Waals surface area contributed by atoms with Gasteiger partial charge in [-0.3, -0.25) is 4.79 Å². The van der Waals surface area contributed by atoms with Crippen LogP contribution in [0.1, 0.15) is 26.3 Å². The number of amides is 1. The number of anilines is 1. The van der Waals surface area contributed by atoms with Crippen molar-refractivity contribution in [2.24, 2.45) is 0 Å². The normalized spacial score (nSPS) is 11.9. The van der Waals surface area contributed by atoms with Gasteiger partial charge in [0.15, 0.2) is 0 Å². The first kappa shape index (κ1) is 23.7. The summed E-state index contributed by atoms with van der Waals surface area (Å²) >= 11 is 0. The standard InChI is InChI=1S/C25H18N2O7/c26-15-18-13-7-8-14-19(18)27-22(28)20(33-24(31)16-9-3-1-4-10-16)21(23(29)30)34-25(32)17-11-5-2-6-12-17/h1-14,20-21H,(H,27,28)(H,29,30)/t20-,21+/m0/s1. The van der Waals surface area contributed by atoms with Crippen LogP contribution < -0.4 is 5.32 Å². The zero-order chi connectivity index (χ0) is 24.5. The molecule has 9 nitrogen and oxygen atoms in total. The van der Waals surface area contributed by atoms with E-state index in [1.807, 2.05) is 6.07 Å². The van der Waals surface area contributed by atoms with Crippen molar-refractivity contribution in [3.05, 3.63) is 102 Å². The Kier molecular flexibility index (Phi) is 7.71. The lowest BCUT2D eigenvalue weighted by molar-refractivity contribution is -0.157. The van der Waals surface area contributed by atoms with Crippen LogP contribution in [0.3, 0.4) is 0 Å². The molecule has 34 heavy (non-hydrogen) atoms. The van der Waals surface area contributed by atoms with Gasteiger partial charge < -0.3 is 19.9 Å². The molecule has 0 aromatic heterocycles. The zero-order valence-electron chi connectivity index (χ0n) is 17.6. The number of carbonyl (C=O) groups excluding carboxylic acids is 3. The van der Waals surface area contributed by atoms with Gasteiger partial charge in [0.25, 0.3) is 5.91 Å². The first-order valence-electron chi connectivity index (χ1n) is 9.95. The number of benzene rings is 3. The van der Waals surface area contributed by atoms with Crippen LogP contribution in [-0.4, -0.2) is 41.1 Å². The van der Waals surface area contributed by atoms with Gasteiger partial charge in [0, 0.05) is 0 Å². The minimum absolute atomic E-state index is 0.0390. The van der Waals surface area contributed by atoms with Crippen LogP contribution >= 0.6 is 0 Å². The highest BCUT2D eigenvalue weighted by molar-refractivity contribution is 6.02. The summed E-state index contributed by atoms with van der Waals surface area (Å²) in [5, 5.41) is 21.4. The second kappa shape index (κ2) is 11.1. The van der Waals surface area contributed by atoms with E-state index in [4.69, 9.17) is 9.47 Å². The summed E-state index contributed by atoms with van der Waals surface area (Å²) in [5.74, 6) is -4.84. The number of nitrogens with one attached hydrogen (secondary N) is 1. The summed E-state index contributed by atoms with van der Waals surface area (Å²) in [6.07, 6.45) is -4.24. The van der Waals surface area contributed by atoms with E-state index in [0.717, 1.165) is 0 Å². The van der Waals surface area contributed by atoms with Crippen LogP contribution in [0, 0.1) is 11.3 Å². The summed E-state index contributed by atoms with van der Waals surface area (Å²) in [7, 11) is 0. The number of carbonyl (C=O) groups is 4. The van der Waals surface area contributed by atoms with Crippen LogP contribution in [0.2, 0.25) is 0 Å². The fourth-order valence-electron chi connectivity index (χ4n) is 2.90. The molecule has 170 valence electrons. The lowest BCUT2D eigenvalue weighted by Gasteiger charge is -2.23. The Hall–Kier alpha value is -4.97. The molecule has 0 spiro atoms. The van der Waals surface area contributed by atoms with Crippen LogP contribution in [-0.2, 0) is 19.1 Å². The summed E-state index contributed by atoms with van der Waals surface area (Å²) in [6.45, 7) is 0. The van der Waals surface area contributed by atoms with Crippen molar-refractivity contribution in [3.63, 3.8) is 0 Å². The number of carboxylic acids is 1. The number of hydrogen-bond acceptors (Lipinski definition) is 7. The van der Waals surface area contributed by atoms with E-state index in [-0.39, 0.29) is 22.4 Å². The number of carboxylic acid groups (broad SMARTS) is 1. The van der Waals surface area contributed by atoms with Crippen LogP contribution in [0.25, 0.3) is 0 Å². The Labute approximate surface area is 194 Å². The van der Waals surface area contributed by atoms with E-state index in [1.54, 1.807) is 48.5 Å². The molecule has 0 fully saturated rings. The number of rotatable bonds is 8. The van der Waals surface area contributed by atoms with E-state index in [9.17, 15) is 29.5 Å².